The molecule has 2 rings (SSSR count). The van der Waals surface area contributed by atoms with Gasteiger partial charge in [0.1, 0.15) is 17.6 Å². The van der Waals surface area contributed by atoms with Gasteiger partial charge < -0.3 is 21.3 Å². The summed E-state index contributed by atoms with van der Waals surface area (Å²) in [7, 11) is 0. The highest BCUT2D eigenvalue weighted by Gasteiger charge is 2.23. The molecule has 25 heavy (non-hydrogen) atoms. The number of hydrogen-bond acceptors (Lipinski definition) is 4. The number of carbonyl (C=O) groups excluding carboxylic acids is 1. The van der Waals surface area contributed by atoms with E-state index in [2.05, 4.69) is 5.32 Å². The van der Waals surface area contributed by atoms with Gasteiger partial charge in [-0.05, 0) is 41.8 Å². The first kappa shape index (κ1) is 18.4. The van der Waals surface area contributed by atoms with E-state index in [0.29, 0.717) is 5.56 Å². The molecule has 7 heteroatoms. The van der Waals surface area contributed by atoms with Crippen LogP contribution in [0.1, 0.15) is 11.1 Å². The number of nitrogens with one attached hydrogen (secondary N) is 1. The molecule has 2 aromatic rings. The fourth-order valence-corrected chi connectivity index (χ4v) is 2.31. The van der Waals surface area contributed by atoms with Gasteiger partial charge in [0, 0.05) is 6.42 Å². The number of carboxylic acid groups (broad SMARTS) is 1. The SMILES string of the molecule is N[C@@H](Cc1ccc(O)cc1)C(=O)NC(Cc1ccc(F)cc1)C(=O)O. The zero-order valence-corrected chi connectivity index (χ0v) is 13.4. The van der Waals surface area contributed by atoms with Crippen LogP contribution in [0.4, 0.5) is 4.39 Å². The van der Waals surface area contributed by atoms with Crippen LogP contribution in [0.2, 0.25) is 0 Å². The highest BCUT2D eigenvalue weighted by atomic mass is 19.1. The van der Waals surface area contributed by atoms with Crippen LogP contribution >= 0.6 is 0 Å². The topological polar surface area (TPSA) is 113 Å². The number of benzene rings is 2. The summed E-state index contributed by atoms with van der Waals surface area (Å²) in [6, 6.07) is 9.53. The smallest absolute Gasteiger partial charge is 0.326 e. The van der Waals surface area contributed by atoms with Crippen LogP contribution in [0.15, 0.2) is 48.5 Å². The number of aliphatic carboxylic acids is 1. The minimum atomic E-state index is -1.20. The lowest BCUT2D eigenvalue weighted by molar-refractivity contribution is -0.141. The number of nitrogens with two attached hydrogens (primary N) is 1. The predicted molar refractivity (Wildman–Crippen MR) is 89.5 cm³/mol. The van der Waals surface area contributed by atoms with Crippen molar-refractivity contribution in [3.63, 3.8) is 0 Å². The van der Waals surface area contributed by atoms with Crippen LogP contribution in [0.5, 0.6) is 5.75 Å². The normalized spacial score (nSPS) is 13.0. The first-order chi connectivity index (χ1) is 11.8. The molecule has 6 nitrogen and oxygen atoms in total. The average molecular weight is 346 g/mol. The third kappa shape index (κ3) is 5.58. The van der Waals surface area contributed by atoms with Crippen molar-refractivity contribution in [2.75, 3.05) is 0 Å². The van der Waals surface area contributed by atoms with E-state index in [-0.39, 0.29) is 18.6 Å². The fourth-order valence-electron chi connectivity index (χ4n) is 2.31. The van der Waals surface area contributed by atoms with Crippen molar-refractivity contribution in [3.8, 4) is 5.75 Å². The molecule has 0 bridgehead atoms. The summed E-state index contributed by atoms with van der Waals surface area (Å²) < 4.78 is 12.9. The van der Waals surface area contributed by atoms with E-state index in [0.717, 1.165) is 5.56 Å². The molecule has 5 N–H and O–H groups in total. The second-order valence-electron chi connectivity index (χ2n) is 5.71. The van der Waals surface area contributed by atoms with Crippen LogP contribution in [0.25, 0.3) is 0 Å². The van der Waals surface area contributed by atoms with Crippen molar-refractivity contribution >= 4 is 11.9 Å². The summed E-state index contributed by atoms with van der Waals surface area (Å²) in [4.78, 5) is 23.5. The van der Waals surface area contributed by atoms with Crippen LogP contribution in [0, 0.1) is 5.82 Å². The van der Waals surface area contributed by atoms with Crippen molar-refractivity contribution in [1.29, 1.82) is 0 Å². The van der Waals surface area contributed by atoms with Gasteiger partial charge in [0.15, 0.2) is 0 Å². The summed E-state index contributed by atoms with van der Waals surface area (Å²) in [6.07, 6.45) is 0.224. The number of phenolic OH excluding ortho intramolecular Hbond substituents is 1. The third-order valence-electron chi connectivity index (χ3n) is 3.70. The Morgan fingerprint density at radius 2 is 1.52 bits per heavy atom. The number of amides is 1. The van der Waals surface area contributed by atoms with Crippen molar-refractivity contribution in [2.24, 2.45) is 5.73 Å². The van der Waals surface area contributed by atoms with Crippen LogP contribution in [-0.2, 0) is 22.4 Å². The van der Waals surface area contributed by atoms with E-state index < -0.39 is 29.8 Å². The molecule has 132 valence electrons. The van der Waals surface area contributed by atoms with Gasteiger partial charge in [-0.2, -0.15) is 0 Å². The third-order valence-corrected chi connectivity index (χ3v) is 3.70. The van der Waals surface area contributed by atoms with Gasteiger partial charge in [-0.25, -0.2) is 9.18 Å². The molecule has 0 radical (unpaired) electrons. The van der Waals surface area contributed by atoms with E-state index in [4.69, 9.17) is 5.73 Å². The molecule has 0 aliphatic rings. The molecular formula is C18H19FN2O4. The monoisotopic (exact) mass is 346 g/mol. The standard InChI is InChI=1S/C18H19FN2O4/c19-13-5-1-12(2-6-13)10-16(18(24)25)21-17(23)15(20)9-11-3-7-14(22)8-4-11/h1-8,15-16,22H,9-10,20H2,(H,21,23)(H,24,25)/t15-,16?/m0/s1. The van der Waals surface area contributed by atoms with E-state index in [9.17, 15) is 24.2 Å². The molecule has 2 aromatic carbocycles. The van der Waals surface area contributed by atoms with Crippen molar-refractivity contribution in [3.05, 3.63) is 65.5 Å². The molecule has 0 fully saturated rings. The van der Waals surface area contributed by atoms with Gasteiger partial charge in [-0.3, -0.25) is 4.79 Å². The van der Waals surface area contributed by atoms with Crippen molar-refractivity contribution in [2.45, 2.75) is 24.9 Å². The van der Waals surface area contributed by atoms with E-state index >= 15 is 0 Å². The zero-order chi connectivity index (χ0) is 18.4. The summed E-state index contributed by atoms with van der Waals surface area (Å²) in [5, 5.41) is 20.9. The molecule has 1 amide bonds. The Balaban J connectivity index is 1.97. The van der Waals surface area contributed by atoms with Gasteiger partial charge >= 0.3 is 5.97 Å². The Kier molecular flexibility index (Phi) is 6.08. The van der Waals surface area contributed by atoms with E-state index in [1.807, 2.05) is 0 Å². The maximum Gasteiger partial charge on any atom is 0.326 e. The van der Waals surface area contributed by atoms with Gasteiger partial charge in [0.05, 0.1) is 6.04 Å². The lowest BCUT2D eigenvalue weighted by Crippen LogP contribution is -2.50. The average Bonchev–Trinajstić information content (AvgIpc) is 2.58. The molecule has 0 aliphatic carbocycles. The number of phenols is 1. The Morgan fingerprint density at radius 1 is 1.00 bits per heavy atom. The van der Waals surface area contributed by atoms with Crippen molar-refractivity contribution in [1.82, 2.24) is 5.32 Å². The molecule has 0 saturated heterocycles. The highest BCUT2D eigenvalue weighted by Crippen LogP contribution is 2.11. The Morgan fingerprint density at radius 3 is 2.08 bits per heavy atom. The minimum absolute atomic E-state index is 0.0211. The number of aromatic hydroxyl groups is 1. The second-order valence-corrected chi connectivity index (χ2v) is 5.71. The van der Waals surface area contributed by atoms with E-state index in [1.165, 1.54) is 36.4 Å². The molecule has 0 saturated carbocycles. The van der Waals surface area contributed by atoms with E-state index in [1.54, 1.807) is 12.1 Å². The predicted octanol–water partition coefficient (Wildman–Crippen LogP) is 1.21. The number of carbonyl (C=O) groups is 2. The van der Waals surface area contributed by atoms with Gasteiger partial charge in [-0.15, -0.1) is 0 Å². The molecule has 2 atom stereocenters. The lowest BCUT2D eigenvalue weighted by atomic mass is 10.0. The first-order valence-electron chi connectivity index (χ1n) is 7.66. The molecular weight excluding hydrogens is 327 g/mol. The summed E-state index contributed by atoms with van der Waals surface area (Å²) >= 11 is 0. The lowest BCUT2D eigenvalue weighted by Gasteiger charge is -2.18. The Bertz CT molecular complexity index is 732. The molecule has 0 spiro atoms. The number of halogens is 1. The molecule has 0 aromatic heterocycles. The quantitative estimate of drug-likeness (QED) is 0.602. The second kappa shape index (κ2) is 8.25. The van der Waals surface area contributed by atoms with Crippen LogP contribution in [0.3, 0.4) is 0 Å². The summed E-state index contributed by atoms with van der Waals surface area (Å²) in [6.45, 7) is 0. The number of rotatable bonds is 7. The van der Waals surface area contributed by atoms with Gasteiger partial charge in [0.2, 0.25) is 5.91 Å². The molecule has 0 heterocycles. The summed E-state index contributed by atoms with van der Waals surface area (Å²) in [5.74, 6) is -2.11. The fraction of sp³-hybridized carbons (Fsp3) is 0.222. The molecule has 0 aliphatic heterocycles. The number of hydrogen-bond donors (Lipinski definition) is 4. The Hall–Kier alpha value is -2.93. The van der Waals surface area contributed by atoms with Gasteiger partial charge in [0.25, 0.3) is 0 Å². The number of carboxylic acids is 1. The first-order valence-corrected chi connectivity index (χ1v) is 7.66. The zero-order valence-electron chi connectivity index (χ0n) is 13.4. The summed E-state index contributed by atoms with van der Waals surface area (Å²) in [5.41, 5.74) is 7.16. The minimum Gasteiger partial charge on any atom is -0.508 e. The highest BCUT2D eigenvalue weighted by molar-refractivity contribution is 5.87. The molecule has 1 unspecified atom stereocenters. The van der Waals surface area contributed by atoms with Crippen molar-refractivity contribution < 1.29 is 24.2 Å². The maximum atomic E-state index is 12.9. The largest absolute Gasteiger partial charge is 0.508 e. The Labute approximate surface area is 144 Å². The van der Waals surface area contributed by atoms with Gasteiger partial charge in [-0.1, -0.05) is 24.3 Å². The van der Waals surface area contributed by atoms with Crippen LogP contribution < -0.4 is 11.1 Å². The van der Waals surface area contributed by atoms with Crippen LogP contribution in [-0.4, -0.2) is 34.2 Å². The maximum absolute atomic E-state index is 12.9.